The molecule has 21 heavy (non-hydrogen) atoms. The van der Waals surface area contributed by atoms with Crippen molar-refractivity contribution in [2.24, 2.45) is 0 Å². The van der Waals surface area contributed by atoms with Crippen LogP contribution in [-0.4, -0.2) is 64.8 Å². The van der Waals surface area contributed by atoms with E-state index in [9.17, 15) is 4.79 Å². The first-order valence-electron chi connectivity index (χ1n) is 7.34. The van der Waals surface area contributed by atoms with Crippen LogP contribution >= 0.6 is 23.6 Å². The van der Waals surface area contributed by atoms with Gasteiger partial charge in [0.25, 0.3) is 0 Å². The van der Waals surface area contributed by atoms with Gasteiger partial charge in [-0.2, -0.15) is 5.10 Å². The van der Waals surface area contributed by atoms with Crippen molar-refractivity contribution < 1.29 is 4.79 Å². The van der Waals surface area contributed by atoms with Crippen molar-refractivity contribution >= 4 is 29.5 Å². The molecule has 1 aromatic rings. The lowest BCUT2D eigenvalue weighted by molar-refractivity contribution is -0.122. The molecule has 0 atom stereocenters. The lowest BCUT2D eigenvalue weighted by Crippen LogP contribution is -2.49. The van der Waals surface area contributed by atoms with Gasteiger partial charge in [0.1, 0.15) is 5.01 Å². The van der Waals surface area contributed by atoms with E-state index >= 15 is 0 Å². The zero-order chi connectivity index (χ0) is 15.2. The van der Waals surface area contributed by atoms with Crippen LogP contribution in [0.2, 0.25) is 0 Å². The average Bonchev–Trinajstić information content (AvgIpc) is 2.77. The molecule has 6 nitrogen and oxygen atoms in total. The number of hydrogen-bond donors (Lipinski definition) is 1. The maximum absolute atomic E-state index is 11.7. The van der Waals surface area contributed by atoms with E-state index in [1.54, 1.807) is 11.3 Å². The third kappa shape index (κ3) is 5.14. The van der Waals surface area contributed by atoms with E-state index in [2.05, 4.69) is 27.1 Å². The Kier molecular flexibility index (Phi) is 6.28. The fourth-order valence-corrected chi connectivity index (χ4v) is 3.36. The van der Waals surface area contributed by atoms with Crippen molar-refractivity contribution in [3.63, 3.8) is 0 Å². The van der Waals surface area contributed by atoms with Crippen LogP contribution in [0, 0.1) is 10.9 Å². The van der Waals surface area contributed by atoms with Gasteiger partial charge < -0.3 is 5.32 Å². The Bertz CT molecular complexity index is 519. The standard InChI is InChI=1S/C13H23N5OS2/c1-3-4-14-12(19)9-16-5-7-17(8-6-16)10-18-13(20)21-11(2)15-18/h3-10H2,1-2H3,(H,14,19). The fourth-order valence-electron chi connectivity index (χ4n) is 2.30. The Labute approximate surface area is 134 Å². The van der Waals surface area contributed by atoms with Crippen molar-refractivity contribution in [1.29, 1.82) is 0 Å². The molecule has 1 fully saturated rings. The second-order valence-corrected chi connectivity index (χ2v) is 7.10. The summed E-state index contributed by atoms with van der Waals surface area (Å²) in [5.74, 6) is 0.127. The number of nitrogens with zero attached hydrogens (tertiary/aromatic N) is 4. The molecule has 0 aromatic carbocycles. The summed E-state index contributed by atoms with van der Waals surface area (Å²) in [5.41, 5.74) is 0. The lowest BCUT2D eigenvalue weighted by atomic mass is 10.3. The molecule has 2 rings (SSSR count). The summed E-state index contributed by atoms with van der Waals surface area (Å²) in [4.78, 5) is 16.2. The quantitative estimate of drug-likeness (QED) is 0.792. The Hall–Kier alpha value is -0.830. The van der Waals surface area contributed by atoms with Crippen LogP contribution in [-0.2, 0) is 11.5 Å². The molecule has 0 saturated carbocycles. The van der Waals surface area contributed by atoms with Gasteiger partial charge in [0.05, 0.1) is 13.2 Å². The molecule has 0 aliphatic carbocycles. The van der Waals surface area contributed by atoms with Crippen LogP contribution in [0.1, 0.15) is 18.4 Å². The molecule has 1 aromatic heterocycles. The molecule has 8 heteroatoms. The number of piperazine rings is 1. The number of aryl methyl sites for hydroxylation is 1. The van der Waals surface area contributed by atoms with E-state index in [1.165, 1.54) is 0 Å². The molecule has 1 N–H and O–H groups in total. The summed E-state index contributed by atoms with van der Waals surface area (Å²) in [5, 5.41) is 8.34. The number of hydrogen-bond acceptors (Lipinski definition) is 6. The lowest BCUT2D eigenvalue weighted by Gasteiger charge is -2.33. The fraction of sp³-hybridized carbons (Fsp3) is 0.769. The molecule has 1 saturated heterocycles. The number of amides is 1. The monoisotopic (exact) mass is 329 g/mol. The van der Waals surface area contributed by atoms with Crippen molar-refractivity contribution in [2.75, 3.05) is 39.3 Å². The summed E-state index contributed by atoms with van der Waals surface area (Å²) in [7, 11) is 0. The van der Waals surface area contributed by atoms with E-state index in [0.29, 0.717) is 6.54 Å². The first-order chi connectivity index (χ1) is 10.1. The van der Waals surface area contributed by atoms with Crippen molar-refractivity contribution in [3.8, 4) is 0 Å². The van der Waals surface area contributed by atoms with Crippen LogP contribution in [0.15, 0.2) is 0 Å². The van der Waals surface area contributed by atoms with Crippen LogP contribution < -0.4 is 5.32 Å². The number of rotatable bonds is 6. The Morgan fingerprint density at radius 3 is 2.57 bits per heavy atom. The highest BCUT2D eigenvalue weighted by Crippen LogP contribution is 2.09. The number of carbonyl (C=O) groups excluding carboxylic acids is 1. The molecule has 0 unspecified atom stereocenters. The Balaban J connectivity index is 1.74. The summed E-state index contributed by atoms with van der Waals surface area (Å²) in [6.45, 7) is 9.77. The normalized spacial score (nSPS) is 17.0. The molecule has 2 heterocycles. The van der Waals surface area contributed by atoms with E-state index in [1.807, 2.05) is 11.6 Å². The van der Waals surface area contributed by atoms with Crippen molar-refractivity contribution in [1.82, 2.24) is 24.9 Å². The molecular weight excluding hydrogens is 306 g/mol. The highest BCUT2D eigenvalue weighted by molar-refractivity contribution is 7.73. The molecule has 1 aliphatic rings. The number of aromatic nitrogens is 2. The topological polar surface area (TPSA) is 53.4 Å². The minimum atomic E-state index is 0.127. The Morgan fingerprint density at radius 1 is 1.33 bits per heavy atom. The predicted octanol–water partition coefficient (Wildman–Crippen LogP) is 1.08. The molecule has 0 bridgehead atoms. The SMILES string of the molecule is CCCNC(=O)CN1CCN(Cn2nc(C)sc2=S)CC1. The van der Waals surface area contributed by atoms with E-state index < -0.39 is 0 Å². The smallest absolute Gasteiger partial charge is 0.234 e. The molecule has 118 valence electrons. The van der Waals surface area contributed by atoms with Gasteiger partial charge in [0.15, 0.2) is 3.95 Å². The second kappa shape index (κ2) is 7.98. The van der Waals surface area contributed by atoms with Gasteiger partial charge in [-0.05, 0) is 25.6 Å². The summed E-state index contributed by atoms with van der Waals surface area (Å²) < 4.78 is 2.72. The van der Waals surface area contributed by atoms with Crippen LogP contribution in [0.4, 0.5) is 0 Å². The first-order valence-corrected chi connectivity index (χ1v) is 8.57. The molecule has 0 spiro atoms. The Morgan fingerprint density at radius 2 is 2.00 bits per heavy atom. The molecular formula is C13H23N5OS2. The van der Waals surface area contributed by atoms with Crippen LogP contribution in [0.3, 0.4) is 0 Å². The van der Waals surface area contributed by atoms with Gasteiger partial charge in [0.2, 0.25) is 5.91 Å². The van der Waals surface area contributed by atoms with Gasteiger partial charge in [-0.3, -0.25) is 14.6 Å². The van der Waals surface area contributed by atoms with Gasteiger partial charge in [-0.25, -0.2) is 4.68 Å². The third-order valence-electron chi connectivity index (χ3n) is 3.45. The largest absolute Gasteiger partial charge is 0.355 e. The van der Waals surface area contributed by atoms with E-state index in [0.717, 1.165) is 54.8 Å². The maximum atomic E-state index is 11.7. The molecule has 1 aliphatic heterocycles. The first kappa shape index (κ1) is 16.5. The summed E-state index contributed by atoms with van der Waals surface area (Å²) >= 11 is 6.84. The van der Waals surface area contributed by atoms with E-state index in [4.69, 9.17) is 12.2 Å². The van der Waals surface area contributed by atoms with E-state index in [-0.39, 0.29) is 5.91 Å². The maximum Gasteiger partial charge on any atom is 0.234 e. The van der Waals surface area contributed by atoms with Gasteiger partial charge >= 0.3 is 0 Å². The third-order valence-corrected chi connectivity index (χ3v) is 4.67. The summed E-state index contributed by atoms with van der Waals surface area (Å²) in [6.07, 6.45) is 0.979. The van der Waals surface area contributed by atoms with Crippen LogP contribution in [0.5, 0.6) is 0 Å². The van der Waals surface area contributed by atoms with Crippen LogP contribution in [0.25, 0.3) is 0 Å². The highest BCUT2D eigenvalue weighted by atomic mass is 32.1. The highest BCUT2D eigenvalue weighted by Gasteiger charge is 2.19. The second-order valence-electron chi connectivity index (χ2n) is 5.27. The molecule has 0 radical (unpaired) electrons. The number of carbonyl (C=O) groups is 1. The minimum absolute atomic E-state index is 0.127. The summed E-state index contributed by atoms with van der Waals surface area (Å²) in [6, 6.07) is 0. The average molecular weight is 329 g/mol. The van der Waals surface area contributed by atoms with Gasteiger partial charge in [-0.15, -0.1) is 0 Å². The minimum Gasteiger partial charge on any atom is -0.355 e. The van der Waals surface area contributed by atoms with Gasteiger partial charge in [0, 0.05) is 32.7 Å². The van der Waals surface area contributed by atoms with Crippen molar-refractivity contribution in [3.05, 3.63) is 8.96 Å². The van der Waals surface area contributed by atoms with Crippen molar-refractivity contribution in [2.45, 2.75) is 26.9 Å². The molecule has 1 amide bonds. The number of nitrogens with one attached hydrogen (secondary N) is 1. The zero-order valence-corrected chi connectivity index (χ0v) is 14.3. The van der Waals surface area contributed by atoms with Gasteiger partial charge in [-0.1, -0.05) is 18.3 Å². The zero-order valence-electron chi connectivity index (χ0n) is 12.7. The predicted molar refractivity (Wildman–Crippen MR) is 87.0 cm³/mol.